The van der Waals surface area contributed by atoms with Crippen molar-refractivity contribution in [2.45, 2.75) is 6.54 Å². The maximum atomic E-state index is 12.8. The fourth-order valence-electron chi connectivity index (χ4n) is 1.72. The lowest BCUT2D eigenvalue weighted by Gasteiger charge is -2.05. The third-order valence-electron chi connectivity index (χ3n) is 2.85. The standard InChI is InChI=1S/C16H15FN2O2/c1-21-19-11-13-2-6-14(7-3-13)16(20)18-10-12-4-8-15(17)9-5-12/h2-9,11H,10H2,1H3,(H,18,20)/b19-11+. The summed E-state index contributed by atoms with van der Waals surface area (Å²) < 4.78 is 12.8. The van der Waals surface area contributed by atoms with Gasteiger partial charge >= 0.3 is 0 Å². The lowest BCUT2D eigenvalue weighted by Crippen LogP contribution is -2.22. The average Bonchev–Trinajstić information content (AvgIpc) is 2.52. The van der Waals surface area contributed by atoms with Crippen LogP contribution in [-0.2, 0) is 11.4 Å². The predicted octanol–water partition coefficient (Wildman–Crippen LogP) is 2.74. The van der Waals surface area contributed by atoms with E-state index in [9.17, 15) is 9.18 Å². The summed E-state index contributed by atoms with van der Waals surface area (Å²) >= 11 is 0. The minimum Gasteiger partial charge on any atom is -0.399 e. The Bertz CT molecular complexity index is 622. The fraction of sp³-hybridized carbons (Fsp3) is 0.125. The third-order valence-corrected chi connectivity index (χ3v) is 2.85. The van der Waals surface area contributed by atoms with E-state index in [0.29, 0.717) is 12.1 Å². The zero-order valence-electron chi connectivity index (χ0n) is 11.5. The van der Waals surface area contributed by atoms with Crippen molar-refractivity contribution in [1.82, 2.24) is 5.32 Å². The van der Waals surface area contributed by atoms with Crippen molar-refractivity contribution in [2.75, 3.05) is 7.11 Å². The maximum Gasteiger partial charge on any atom is 0.251 e. The lowest BCUT2D eigenvalue weighted by molar-refractivity contribution is 0.0951. The van der Waals surface area contributed by atoms with Gasteiger partial charge in [-0.25, -0.2) is 4.39 Å². The zero-order valence-corrected chi connectivity index (χ0v) is 11.5. The third kappa shape index (κ3) is 4.42. The Morgan fingerprint density at radius 1 is 1.19 bits per heavy atom. The van der Waals surface area contributed by atoms with E-state index in [1.807, 2.05) is 0 Å². The van der Waals surface area contributed by atoms with Crippen LogP contribution in [0.5, 0.6) is 0 Å². The minimum atomic E-state index is -0.293. The van der Waals surface area contributed by atoms with Crippen molar-refractivity contribution >= 4 is 12.1 Å². The van der Waals surface area contributed by atoms with E-state index in [1.54, 1.807) is 42.6 Å². The summed E-state index contributed by atoms with van der Waals surface area (Å²) in [6.07, 6.45) is 1.56. The topological polar surface area (TPSA) is 50.7 Å². The summed E-state index contributed by atoms with van der Waals surface area (Å²) in [6, 6.07) is 13.0. The largest absolute Gasteiger partial charge is 0.399 e. The van der Waals surface area contributed by atoms with Gasteiger partial charge in [-0.3, -0.25) is 4.79 Å². The van der Waals surface area contributed by atoms with Crippen LogP contribution in [0.1, 0.15) is 21.5 Å². The van der Waals surface area contributed by atoms with E-state index in [2.05, 4.69) is 15.3 Å². The van der Waals surface area contributed by atoms with Gasteiger partial charge in [-0.05, 0) is 35.4 Å². The van der Waals surface area contributed by atoms with Crippen molar-refractivity contribution < 1.29 is 14.0 Å². The molecule has 1 N–H and O–H groups in total. The zero-order chi connectivity index (χ0) is 15.1. The van der Waals surface area contributed by atoms with Gasteiger partial charge in [-0.15, -0.1) is 0 Å². The van der Waals surface area contributed by atoms with Crippen LogP contribution in [0.4, 0.5) is 4.39 Å². The number of halogens is 1. The molecular formula is C16H15FN2O2. The normalized spacial score (nSPS) is 10.6. The first kappa shape index (κ1) is 14.7. The Balaban J connectivity index is 1.93. The molecule has 0 aromatic heterocycles. The van der Waals surface area contributed by atoms with Crippen LogP contribution >= 0.6 is 0 Å². The maximum absolute atomic E-state index is 12.8. The molecule has 0 spiro atoms. The molecular weight excluding hydrogens is 271 g/mol. The summed E-state index contributed by atoms with van der Waals surface area (Å²) in [5, 5.41) is 6.42. The van der Waals surface area contributed by atoms with E-state index in [-0.39, 0.29) is 11.7 Å². The van der Waals surface area contributed by atoms with Gasteiger partial charge in [0.05, 0.1) is 6.21 Å². The molecule has 4 nitrogen and oxygen atoms in total. The van der Waals surface area contributed by atoms with Crippen molar-refractivity contribution in [1.29, 1.82) is 0 Å². The molecule has 0 aliphatic heterocycles. The SMILES string of the molecule is CO/N=C/c1ccc(C(=O)NCc2ccc(F)cc2)cc1. The van der Waals surface area contributed by atoms with Crippen molar-refractivity contribution in [2.24, 2.45) is 5.16 Å². The van der Waals surface area contributed by atoms with Crippen LogP contribution < -0.4 is 5.32 Å². The van der Waals surface area contributed by atoms with Gasteiger partial charge in [0, 0.05) is 12.1 Å². The highest BCUT2D eigenvalue weighted by molar-refractivity contribution is 5.94. The average molecular weight is 286 g/mol. The van der Waals surface area contributed by atoms with Crippen molar-refractivity contribution in [3.05, 3.63) is 71.0 Å². The van der Waals surface area contributed by atoms with E-state index in [1.165, 1.54) is 19.2 Å². The molecule has 0 aliphatic rings. The quantitative estimate of drug-likeness (QED) is 0.678. The van der Waals surface area contributed by atoms with Crippen LogP contribution in [0, 0.1) is 5.82 Å². The van der Waals surface area contributed by atoms with E-state index >= 15 is 0 Å². The molecule has 1 amide bonds. The molecule has 0 radical (unpaired) electrons. The monoisotopic (exact) mass is 286 g/mol. The molecule has 0 heterocycles. The summed E-state index contributed by atoms with van der Waals surface area (Å²) in [5.74, 6) is -0.479. The van der Waals surface area contributed by atoms with Gasteiger partial charge in [0.25, 0.3) is 5.91 Å². The first-order valence-corrected chi connectivity index (χ1v) is 6.38. The van der Waals surface area contributed by atoms with E-state index in [4.69, 9.17) is 0 Å². The molecule has 0 fully saturated rings. The van der Waals surface area contributed by atoms with Gasteiger partial charge in [0.2, 0.25) is 0 Å². The number of nitrogens with one attached hydrogen (secondary N) is 1. The van der Waals surface area contributed by atoms with Gasteiger partial charge in [-0.1, -0.05) is 29.4 Å². The second-order valence-corrected chi connectivity index (χ2v) is 4.35. The van der Waals surface area contributed by atoms with E-state index < -0.39 is 0 Å². The Hall–Kier alpha value is -2.69. The van der Waals surface area contributed by atoms with Gasteiger partial charge < -0.3 is 10.2 Å². The number of carbonyl (C=O) groups is 1. The molecule has 2 aromatic carbocycles. The lowest BCUT2D eigenvalue weighted by atomic mass is 10.1. The van der Waals surface area contributed by atoms with Gasteiger partial charge in [-0.2, -0.15) is 0 Å². The molecule has 0 saturated heterocycles. The molecule has 0 aliphatic carbocycles. The number of hydrogen-bond acceptors (Lipinski definition) is 3. The Morgan fingerprint density at radius 3 is 2.48 bits per heavy atom. The number of carbonyl (C=O) groups excluding carboxylic acids is 1. The first-order valence-electron chi connectivity index (χ1n) is 6.38. The van der Waals surface area contributed by atoms with Gasteiger partial charge in [0.1, 0.15) is 12.9 Å². The number of benzene rings is 2. The summed E-state index contributed by atoms with van der Waals surface area (Å²) in [4.78, 5) is 16.5. The van der Waals surface area contributed by atoms with Crippen molar-refractivity contribution in [3.8, 4) is 0 Å². The number of hydrogen-bond donors (Lipinski definition) is 1. The molecule has 0 unspecified atom stereocenters. The minimum absolute atomic E-state index is 0.186. The number of rotatable bonds is 5. The fourth-order valence-corrected chi connectivity index (χ4v) is 1.72. The van der Waals surface area contributed by atoms with Crippen molar-refractivity contribution in [3.63, 3.8) is 0 Å². The predicted molar refractivity (Wildman–Crippen MR) is 78.6 cm³/mol. The highest BCUT2D eigenvalue weighted by atomic mass is 19.1. The smallest absolute Gasteiger partial charge is 0.251 e. The highest BCUT2D eigenvalue weighted by Gasteiger charge is 2.05. The second kappa shape index (κ2) is 7.19. The molecule has 0 bridgehead atoms. The Kier molecular flexibility index (Phi) is 5.04. The highest BCUT2D eigenvalue weighted by Crippen LogP contribution is 2.05. The Labute approximate surface area is 122 Å². The van der Waals surface area contributed by atoms with Gasteiger partial charge in [0.15, 0.2) is 0 Å². The summed E-state index contributed by atoms with van der Waals surface area (Å²) in [5.41, 5.74) is 2.23. The van der Waals surface area contributed by atoms with Crippen LogP contribution in [0.2, 0.25) is 0 Å². The summed E-state index contributed by atoms with van der Waals surface area (Å²) in [7, 11) is 1.47. The van der Waals surface area contributed by atoms with Crippen LogP contribution in [-0.4, -0.2) is 19.2 Å². The van der Waals surface area contributed by atoms with Crippen LogP contribution in [0.15, 0.2) is 53.7 Å². The molecule has 0 saturated carbocycles. The first-order chi connectivity index (χ1) is 10.2. The molecule has 21 heavy (non-hydrogen) atoms. The molecule has 5 heteroatoms. The number of amides is 1. The summed E-state index contributed by atoms with van der Waals surface area (Å²) in [6.45, 7) is 0.353. The number of nitrogens with zero attached hydrogens (tertiary/aromatic N) is 1. The molecule has 2 rings (SSSR count). The molecule has 108 valence electrons. The number of oxime groups is 1. The Morgan fingerprint density at radius 2 is 1.86 bits per heavy atom. The van der Waals surface area contributed by atoms with Crippen LogP contribution in [0.3, 0.4) is 0 Å². The van der Waals surface area contributed by atoms with Crippen LogP contribution in [0.25, 0.3) is 0 Å². The second-order valence-electron chi connectivity index (χ2n) is 4.35. The molecule has 0 atom stereocenters. The van der Waals surface area contributed by atoms with E-state index in [0.717, 1.165) is 11.1 Å². The molecule has 2 aromatic rings.